The van der Waals surface area contributed by atoms with Crippen molar-refractivity contribution in [3.05, 3.63) is 108 Å². The molecule has 2 atom stereocenters. The van der Waals surface area contributed by atoms with Gasteiger partial charge >= 0.3 is 12.1 Å². The lowest BCUT2D eigenvalue weighted by atomic mass is 9.84. The Morgan fingerprint density at radius 3 is 1.58 bits per heavy atom. The van der Waals surface area contributed by atoms with Crippen molar-refractivity contribution in [2.45, 2.75) is 50.1 Å². The molecular weight excluding hydrogens is 500 g/mol. The number of ether oxygens (including phenoxy) is 1. The summed E-state index contributed by atoms with van der Waals surface area (Å²) >= 11 is 1.48. The molecule has 3 aromatic carbocycles. The number of thioether (sulfide) groups is 1. The normalized spacial score (nSPS) is 13.2. The zero-order chi connectivity index (χ0) is 27.8. The Bertz CT molecular complexity index is 1120. The standard InChI is InChI=1S/C30H34N2O5S/c1-21(27(34)35)31-26(33)25(32-28(36)37-29(2,3)4)20-38-30(22-14-8-5-9-15-22,23-16-10-6-11-17-23)24-18-12-7-13-19-24/h5-19,21,25H,20H2,1-4H3,(H,31,33)(H,32,36)(H,34,35)/t21-,25-/m0/s1. The summed E-state index contributed by atoms with van der Waals surface area (Å²) in [5.74, 6) is -1.65. The average Bonchev–Trinajstić information content (AvgIpc) is 2.89. The number of nitrogens with one attached hydrogen (secondary N) is 2. The van der Waals surface area contributed by atoms with Crippen molar-refractivity contribution in [1.82, 2.24) is 10.6 Å². The number of hydrogen-bond donors (Lipinski definition) is 3. The number of carboxylic acid groups (broad SMARTS) is 1. The second kappa shape index (κ2) is 12.6. The quantitative estimate of drug-likeness (QED) is 0.309. The van der Waals surface area contributed by atoms with Crippen molar-refractivity contribution >= 4 is 29.7 Å². The second-order valence-electron chi connectivity index (χ2n) is 9.86. The lowest BCUT2D eigenvalue weighted by Crippen LogP contribution is -2.53. The van der Waals surface area contributed by atoms with Gasteiger partial charge in [0, 0.05) is 5.75 Å². The van der Waals surface area contributed by atoms with E-state index in [4.69, 9.17) is 4.74 Å². The van der Waals surface area contributed by atoms with E-state index in [0.29, 0.717) is 0 Å². The van der Waals surface area contributed by atoms with Gasteiger partial charge in [0.25, 0.3) is 0 Å². The number of carbonyl (C=O) groups excluding carboxylic acids is 2. The molecule has 200 valence electrons. The molecule has 3 N–H and O–H groups in total. The highest BCUT2D eigenvalue weighted by atomic mass is 32.2. The molecule has 0 bridgehead atoms. The third kappa shape index (κ3) is 7.38. The van der Waals surface area contributed by atoms with Gasteiger partial charge in [0.15, 0.2) is 0 Å². The van der Waals surface area contributed by atoms with Crippen molar-refractivity contribution in [3.8, 4) is 0 Å². The molecule has 2 amide bonds. The fourth-order valence-electron chi connectivity index (χ4n) is 3.99. The minimum Gasteiger partial charge on any atom is -0.480 e. The summed E-state index contributed by atoms with van der Waals surface area (Å²) in [6, 6.07) is 27.7. The van der Waals surface area contributed by atoms with Gasteiger partial charge in [0.1, 0.15) is 17.7 Å². The Morgan fingerprint density at radius 1 is 0.789 bits per heavy atom. The lowest BCUT2D eigenvalue weighted by molar-refractivity contribution is -0.141. The van der Waals surface area contributed by atoms with Crippen LogP contribution in [0.25, 0.3) is 0 Å². The van der Waals surface area contributed by atoms with Crippen LogP contribution in [0, 0.1) is 0 Å². The molecule has 8 heteroatoms. The fraction of sp³-hybridized carbons (Fsp3) is 0.300. The van der Waals surface area contributed by atoms with Gasteiger partial charge in [-0.15, -0.1) is 11.8 Å². The van der Waals surface area contributed by atoms with Crippen LogP contribution < -0.4 is 10.6 Å². The van der Waals surface area contributed by atoms with Gasteiger partial charge < -0.3 is 20.5 Å². The molecule has 0 heterocycles. The lowest BCUT2D eigenvalue weighted by Gasteiger charge is -2.36. The number of benzene rings is 3. The van der Waals surface area contributed by atoms with Gasteiger partial charge in [0.05, 0.1) is 4.75 Å². The molecule has 38 heavy (non-hydrogen) atoms. The summed E-state index contributed by atoms with van der Waals surface area (Å²) < 4.78 is 4.68. The molecular formula is C30H34N2O5S. The van der Waals surface area contributed by atoms with Crippen LogP contribution >= 0.6 is 11.8 Å². The Balaban J connectivity index is 2.05. The molecule has 0 aromatic heterocycles. The van der Waals surface area contributed by atoms with E-state index >= 15 is 0 Å². The summed E-state index contributed by atoms with van der Waals surface area (Å²) in [6.07, 6.45) is -0.758. The molecule has 0 aliphatic rings. The highest BCUT2D eigenvalue weighted by molar-refractivity contribution is 8.00. The maximum absolute atomic E-state index is 13.2. The molecule has 3 aromatic rings. The smallest absolute Gasteiger partial charge is 0.408 e. The van der Waals surface area contributed by atoms with E-state index in [1.807, 2.05) is 91.0 Å². The number of amides is 2. The van der Waals surface area contributed by atoms with Crippen LogP contribution in [0.2, 0.25) is 0 Å². The predicted molar refractivity (Wildman–Crippen MR) is 150 cm³/mol. The third-order valence-electron chi connectivity index (χ3n) is 5.74. The highest BCUT2D eigenvalue weighted by Crippen LogP contribution is 2.48. The second-order valence-corrected chi connectivity index (χ2v) is 11.1. The van der Waals surface area contributed by atoms with E-state index < -0.39 is 40.4 Å². The minimum atomic E-state index is -1.17. The van der Waals surface area contributed by atoms with E-state index in [0.717, 1.165) is 16.7 Å². The van der Waals surface area contributed by atoms with Crippen molar-refractivity contribution in [2.75, 3.05) is 5.75 Å². The number of carbonyl (C=O) groups is 3. The summed E-state index contributed by atoms with van der Waals surface area (Å²) in [6.45, 7) is 6.57. The van der Waals surface area contributed by atoms with Crippen LogP contribution in [0.4, 0.5) is 4.79 Å². The SMILES string of the molecule is C[C@H](NC(=O)[C@H](CSC(c1ccccc1)(c1ccccc1)c1ccccc1)NC(=O)OC(C)(C)C)C(=O)O. The molecule has 3 rings (SSSR count). The van der Waals surface area contributed by atoms with Crippen molar-refractivity contribution in [1.29, 1.82) is 0 Å². The van der Waals surface area contributed by atoms with Gasteiger partial charge in [-0.05, 0) is 44.4 Å². The van der Waals surface area contributed by atoms with Crippen LogP contribution in [0.15, 0.2) is 91.0 Å². The molecule has 0 radical (unpaired) electrons. The fourth-order valence-corrected chi connectivity index (χ4v) is 5.54. The first-order valence-corrected chi connectivity index (χ1v) is 13.3. The Hall–Kier alpha value is -3.78. The van der Waals surface area contributed by atoms with Crippen LogP contribution in [0.5, 0.6) is 0 Å². The Kier molecular flexibility index (Phi) is 9.58. The number of hydrogen-bond acceptors (Lipinski definition) is 5. The van der Waals surface area contributed by atoms with Crippen molar-refractivity contribution < 1.29 is 24.2 Å². The van der Waals surface area contributed by atoms with Crippen LogP contribution in [-0.4, -0.2) is 46.5 Å². The molecule has 0 spiro atoms. The zero-order valence-corrected chi connectivity index (χ0v) is 22.8. The molecule has 0 saturated heterocycles. The number of rotatable bonds is 10. The molecule has 0 unspecified atom stereocenters. The van der Waals surface area contributed by atoms with Crippen LogP contribution in [0.3, 0.4) is 0 Å². The Labute approximate surface area is 228 Å². The number of alkyl carbamates (subject to hydrolysis) is 1. The third-order valence-corrected chi connectivity index (χ3v) is 7.38. The molecule has 0 saturated carbocycles. The summed E-state index contributed by atoms with van der Waals surface area (Å²) in [5.41, 5.74) is 2.22. The van der Waals surface area contributed by atoms with Crippen LogP contribution in [0.1, 0.15) is 44.4 Å². The monoisotopic (exact) mass is 534 g/mol. The van der Waals surface area contributed by atoms with E-state index in [1.54, 1.807) is 20.8 Å². The van der Waals surface area contributed by atoms with Gasteiger partial charge in [-0.3, -0.25) is 9.59 Å². The van der Waals surface area contributed by atoms with Gasteiger partial charge in [-0.2, -0.15) is 0 Å². The summed E-state index contributed by atoms with van der Waals surface area (Å²) in [4.78, 5) is 37.3. The molecule has 0 aliphatic heterocycles. The van der Waals surface area contributed by atoms with Crippen molar-refractivity contribution in [3.63, 3.8) is 0 Å². The first kappa shape index (κ1) is 28.8. The molecule has 0 aliphatic carbocycles. The number of carboxylic acids is 1. The summed E-state index contributed by atoms with van der Waals surface area (Å²) in [5, 5.41) is 14.5. The van der Waals surface area contributed by atoms with Gasteiger partial charge in [-0.25, -0.2) is 4.79 Å². The Morgan fingerprint density at radius 2 is 1.21 bits per heavy atom. The predicted octanol–water partition coefficient (Wildman–Crippen LogP) is 5.19. The van der Waals surface area contributed by atoms with E-state index in [2.05, 4.69) is 10.6 Å². The topological polar surface area (TPSA) is 105 Å². The molecule has 7 nitrogen and oxygen atoms in total. The highest BCUT2D eigenvalue weighted by Gasteiger charge is 2.39. The summed E-state index contributed by atoms with van der Waals surface area (Å²) in [7, 11) is 0. The average molecular weight is 535 g/mol. The first-order chi connectivity index (χ1) is 18.0. The van der Waals surface area contributed by atoms with Crippen LogP contribution in [-0.2, 0) is 19.1 Å². The van der Waals surface area contributed by atoms with Gasteiger partial charge in [-0.1, -0.05) is 91.0 Å². The van der Waals surface area contributed by atoms with E-state index in [9.17, 15) is 19.5 Å². The molecule has 0 fully saturated rings. The minimum absolute atomic E-state index is 0.135. The zero-order valence-electron chi connectivity index (χ0n) is 22.0. The maximum Gasteiger partial charge on any atom is 0.408 e. The largest absolute Gasteiger partial charge is 0.480 e. The maximum atomic E-state index is 13.2. The van der Waals surface area contributed by atoms with Crippen molar-refractivity contribution in [2.24, 2.45) is 0 Å². The van der Waals surface area contributed by atoms with Gasteiger partial charge in [0.2, 0.25) is 5.91 Å². The first-order valence-electron chi connectivity index (χ1n) is 12.4. The number of aliphatic carboxylic acids is 1. The van der Waals surface area contributed by atoms with E-state index in [1.165, 1.54) is 18.7 Å². The van der Waals surface area contributed by atoms with E-state index in [-0.39, 0.29) is 5.75 Å².